The quantitative estimate of drug-likeness (QED) is 0.364. The number of rotatable bonds is 5. The molecule has 0 saturated heterocycles. The van der Waals surface area contributed by atoms with Crippen LogP contribution in [0.4, 0.5) is 16.2 Å². The highest BCUT2D eigenvalue weighted by molar-refractivity contribution is 6.32. The second-order valence-corrected chi connectivity index (χ2v) is 6.67. The average molecular weight is 430 g/mol. The van der Waals surface area contributed by atoms with Gasteiger partial charge in [0.05, 0.1) is 22.7 Å². The number of ether oxygens (including phenoxy) is 1. The van der Waals surface area contributed by atoms with Crippen molar-refractivity contribution in [3.63, 3.8) is 0 Å². The summed E-state index contributed by atoms with van der Waals surface area (Å²) >= 11 is 6.08. The topological polar surface area (TPSA) is 121 Å². The van der Waals surface area contributed by atoms with Crippen molar-refractivity contribution in [2.45, 2.75) is 13.8 Å². The van der Waals surface area contributed by atoms with E-state index in [1.165, 1.54) is 31.2 Å². The molecule has 3 aromatic rings. The molecule has 9 nitrogen and oxygen atoms in total. The third-order valence-electron chi connectivity index (χ3n) is 4.22. The summed E-state index contributed by atoms with van der Waals surface area (Å²) in [5.74, 6) is -1.18. The molecule has 0 radical (unpaired) electrons. The minimum Gasteiger partial charge on any atom is -0.449 e. The van der Waals surface area contributed by atoms with Crippen molar-refractivity contribution in [2.75, 3.05) is 11.9 Å². The van der Waals surface area contributed by atoms with Crippen LogP contribution in [0.15, 0.2) is 42.5 Å². The van der Waals surface area contributed by atoms with Gasteiger partial charge in [-0.1, -0.05) is 23.7 Å². The molecule has 1 heterocycles. The highest BCUT2D eigenvalue weighted by Gasteiger charge is 2.29. The molecule has 1 amide bonds. The number of non-ortho nitro benzene ring substituents is 1. The lowest BCUT2D eigenvalue weighted by Crippen LogP contribution is -2.21. The van der Waals surface area contributed by atoms with Gasteiger partial charge < -0.3 is 10.1 Å². The normalized spacial score (nSPS) is 10.6. The van der Waals surface area contributed by atoms with Crippen molar-refractivity contribution in [1.29, 1.82) is 0 Å². The van der Waals surface area contributed by atoms with Crippen LogP contribution in [0.5, 0.6) is 0 Å². The number of carbonyl (C=O) groups excluding carboxylic acids is 3. The number of ketones is 1. The van der Waals surface area contributed by atoms with Gasteiger partial charge in [0.15, 0.2) is 0 Å². The summed E-state index contributed by atoms with van der Waals surface area (Å²) in [5, 5.41) is 14.4. The van der Waals surface area contributed by atoms with Crippen molar-refractivity contribution in [1.82, 2.24) is 4.57 Å². The van der Waals surface area contributed by atoms with Crippen molar-refractivity contribution >= 4 is 51.7 Å². The van der Waals surface area contributed by atoms with Gasteiger partial charge in [0.1, 0.15) is 5.69 Å². The lowest BCUT2D eigenvalue weighted by Gasteiger charge is -2.10. The lowest BCUT2D eigenvalue weighted by molar-refractivity contribution is -0.384. The Morgan fingerprint density at radius 3 is 2.57 bits per heavy atom. The van der Waals surface area contributed by atoms with E-state index in [0.29, 0.717) is 10.4 Å². The van der Waals surface area contributed by atoms with E-state index in [9.17, 15) is 24.5 Å². The standard InChI is InChI=1S/C20H16ClN3O6/c1-3-30-20(27)23-16-10-13(21)7-8-15(16)17(22-11(2)25)18(23)19(26)12-5-4-6-14(9-12)24(28)29/h4-10H,3H2,1-2H3,(H,22,25). The third-order valence-corrected chi connectivity index (χ3v) is 4.45. The highest BCUT2D eigenvalue weighted by Crippen LogP contribution is 2.35. The molecule has 0 aliphatic carbocycles. The fraction of sp³-hybridized carbons (Fsp3) is 0.150. The van der Waals surface area contributed by atoms with Gasteiger partial charge in [-0.2, -0.15) is 0 Å². The van der Waals surface area contributed by atoms with E-state index < -0.39 is 22.7 Å². The van der Waals surface area contributed by atoms with E-state index in [1.807, 2.05) is 0 Å². The zero-order valence-corrected chi connectivity index (χ0v) is 16.7. The second kappa shape index (κ2) is 8.34. The van der Waals surface area contributed by atoms with Gasteiger partial charge in [-0.3, -0.25) is 19.7 Å². The fourth-order valence-corrected chi connectivity index (χ4v) is 3.22. The first-order chi connectivity index (χ1) is 14.2. The molecule has 1 N–H and O–H groups in total. The van der Waals surface area contributed by atoms with Crippen LogP contribution in [0.1, 0.15) is 29.9 Å². The van der Waals surface area contributed by atoms with Gasteiger partial charge in [-0.05, 0) is 25.1 Å². The van der Waals surface area contributed by atoms with Gasteiger partial charge in [0.2, 0.25) is 11.7 Å². The minimum absolute atomic E-state index is 0.0322. The number of nitro benzene ring substituents is 1. The van der Waals surface area contributed by atoms with Gasteiger partial charge in [0.25, 0.3) is 5.69 Å². The number of hydrogen-bond acceptors (Lipinski definition) is 6. The number of benzene rings is 2. The molecular weight excluding hydrogens is 414 g/mol. The Bertz CT molecular complexity index is 1200. The molecule has 154 valence electrons. The number of nitro groups is 1. The van der Waals surface area contributed by atoms with Crippen molar-refractivity contribution < 1.29 is 24.0 Å². The number of amides is 1. The summed E-state index contributed by atoms with van der Waals surface area (Å²) in [6.07, 6.45) is -0.852. The average Bonchev–Trinajstić information content (AvgIpc) is 3.00. The maximum Gasteiger partial charge on any atom is 0.419 e. The maximum atomic E-state index is 13.4. The molecule has 0 unspecified atom stereocenters. The molecule has 0 atom stereocenters. The Morgan fingerprint density at radius 2 is 1.93 bits per heavy atom. The van der Waals surface area contributed by atoms with Crippen LogP contribution in [0, 0.1) is 10.1 Å². The number of carbonyl (C=O) groups is 3. The van der Waals surface area contributed by atoms with E-state index >= 15 is 0 Å². The molecular formula is C20H16ClN3O6. The fourth-order valence-electron chi connectivity index (χ4n) is 3.05. The van der Waals surface area contributed by atoms with E-state index in [2.05, 4.69) is 5.32 Å². The molecule has 0 spiro atoms. The molecule has 1 aromatic heterocycles. The van der Waals surface area contributed by atoms with Crippen LogP contribution in [-0.4, -0.2) is 33.9 Å². The van der Waals surface area contributed by atoms with Gasteiger partial charge >= 0.3 is 6.09 Å². The summed E-state index contributed by atoms with van der Waals surface area (Å²) in [4.78, 5) is 48.4. The van der Waals surface area contributed by atoms with E-state index in [1.54, 1.807) is 19.1 Å². The summed E-state index contributed by atoms with van der Waals surface area (Å²) in [5.41, 5.74) is -0.183. The zero-order chi connectivity index (χ0) is 22.0. The molecule has 3 rings (SSSR count). The van der Waals surface area contributed by atoms with Crippen LogP contribution >= 0.6 is 11.6 Å². The van der Waals surface area contributed by atoms with E-state index in [-0.39, 0.29) is 34.8 Å². The molecule has 30 heavy (non-hydrogen) atoms. The van der Waals surface area contributed by atoms with Crippen molar-refractivity contribution in [3.05, 3.63) is 68.9 Å². The molecule has 2 aromatic carbocycles. The summed E-state index contributed by atoms with van der Waals surface area (Å²) in [7, 11) is 0. The molecule has 0 fully saturated rings. The zero-order valence-electron chi connectivity index (χ0n) is 16.0. The SMILES string of the molecule is CCOC(=O)n1c(C(=O)c2cccc([N+](=O)[O-])c2)c(NC(C)=O)c2ccc(Cl)cc21. The first-order valence-corrected chi connectivity index (χ1v) is 9.20. The van der Waals surface area contributed by atoms with Gasteiger partial charge in [-0.15, -0.1) is 0 Å². The van der Waals surface area contributed by atoms with Crippen LogP contribution in [0.3, 0.4) is 0 Å². The first-order valence-electron chi connectivity index (χ1n) is 8.82. The molecule has 0 aliphatic heterocycles. The van der Waals surface area contributed by atoms with Crippen LogP contribution in [0.2, 0.25) is 5.02 Å². The number of nitrogens with zero attached hydrogens (tertiary/aromatic N) is 2. The first kappa shape index (κ1) is 21.0. The van der Waals surface area contributed by atoms with Crippen molar-refractivity contribution in [3.8, 4) is 0 Å². The molecule has 0 aliphatic rings. The Balaban J connectivity index is 2.35. The predicted octanol–water partition coefficient (Wildman–Crippen LogP) is 4.40. The predicted molar refractivity (Wildman–Crippen MR) is 110 cm³/mol. The Kier molecular flexibility index (Phi) is 5.84. The maximum absolute atomic E-state index is 13.4. The van der Waals surface area contributed by atoms with Crippen LogP contribution in [0.25, 0.3) is 10.9 Å². The van der Waals surface area contributed by atoms with Crippen LogP contribution < -0.4 is 5.32 Å². The molecule has 0 saturated carbocycles. The highest BCUT2D eigenvalue weighted by atomic mass is 35.5. The largest absolute Gasteiger partial charge is 0.449 e. The van der Waals surface area contributed by atoms with Gasteiger partial charge in [0, 0.05) is 35.0 Å². The van der Waals surface area contributed by atoms with E-state index in [0.717, 1.165) is 10.6 Å². The Labute approximate surface area is 175 Å². The van der Waals surface area contributed by atoms with Gasteiger partial charge in [-0.25, -0.2) is 9.36 Å². The van der Waals surface area contributed by atoms with Crippen molar-refractivity contribution in [2.24, 2.45) is 0 Å². The summed E-state index contributed by atoms with van der Waals surface area (Å²) in [6.45, 7) is 2.90. The molecule has 0 bridgehead atoms. The summed E-state index contributed by atoms with van der Waals surface area (Å²) in [6, 6.07) is 9.65. The number of aromatic nitrogens is 1. The lowest BCUT2D eigenvalue weighted by atomic mass is 10.1. The molecule has 10 heteroatoms. The number of halogens is 1. The summed E-state index contributed by atoms with van der Waals surface area (Å²) < 4.78 is 6.10. The monoisotopic (exact) mass is 429 g/mol. The number of anilines is 1. The third kappa shape index (κ3) is 3.87. The number of fused-ring (bicyclic) bond motifs is 1. The second-order valence-electron chi connectivity index (χ2n) is 6.24. The number of nitrogens with one attached hydrogen (secondary N) is 1. The smallest absolute Gasteiger partial charge is 0.419 e. The van der Waals surface area contributed by atoms with Crippen LogP contribution in [-0.2, 0) is 9.53 Å². The Morgan fingerprint density at radius 1 is 1.20 bits per heavy atom. The Hall–Kier alpha value is -3.72. The van der Waals surface area contributed by atoms with E-state index in [4.69, 9.17) is 16.3 Å². The number of hydrogen-bond donors (Lipinski definition) is 1. The minimum atomic E-state index is -0.852.